The van der Waals surface area contributed by atoms with Gasteiger partial charge in [0, 0.05) is 5.56 Å². The Morgan fingerprint density at radius 2 is 1.68 bits per heavy atom. The van der Waals surface area contributed by atoms with Crippen molar-refractivity contribution in [3.05, 3.63) is 63.9 Å². The lowest BCUT2D eigenvalue weighted by Crippen LogP contribution is -2.09. The third-order valence-corrected chi connectivity index (χ3v) is 3.11. The van der Waals surface area contributed by atoms with Gasteiger partial charge in [0.25, 0.3) is 5.56 Å². The number of nitrogens with zero attached hydrogens (tertiary/aromatic N) is 1. The molecule has 0 atom stereocenters. The first kappa shape index (κ1) is 11.7. The van der Waals surface area contributed by atoms with E-state index in [-0.39, 0.29) is 5.56 Å². The van der Waals surface area contributed by atoms with Crippen LogP contribution in [0, 0.1) is 13.8 Å². The maximum absolute atomic E-state index is 12.0. The lowest BCUT2D eigenvalue weighted by Gasteiger charge is -2.05. The zero-order valence-corrected chi connectivity index (χ0v) is 10.9. The Labute approximate surface area is 111 Å². The fourth-order valence-corrected chi connectivity index (χ4v) is 2.33. The average molecular weight is 250 g/mol. The summed E-state index contributed by atoms with van der Waals surface area (Å²) in [6, 6.07) is 13.5. The van der Waals surface area contributed by atoms with Crippen LogP contribution in [0.1, 0.15) is 11.1 Å². The summed E-state index contributed by atoms with van der Waals surface area (Å²) < 4.78 is 0. The van der Waals surface area contributed by atoms with Crippen LogP contribution in [0.5, 0.6) is 0 Å². The number of aryl methyl sites for hydroxylation is 2. The van der Waals surface area contributed by atoms with Crippen molar-refractivity contribution in [2.75, 3.05) is 0 Å². The van der Waals surface area contributed by atoms with E-state index < -0.39 is 0 Å². The van der Waals surface area contributed by atoms with Crippen LogP contribution in [-0.4, -0.2) is 9.97 Å². The molecule has 1 N–H and O–H groups in total. The van der Waals surface area contributed by atoms with Gasteiger partial charge in [-0.25, -0.2) is 4.98 Å². The quantitative estimate of drug-likeness (QED) is 0.720. The van der Waals surface area contributed by atoms with E-state index in [4.69, 9.17) is 0 Å². The lowest BCUT2D eigenvalue weighted by molar-refractivity contribution is 1.17. The van der Waals surface area contributed by atoms with E-state index >= 15 is 0 Å². The van der Waals surface area contributed by atoms with Gasteiger partial charge in [-0.05, 0) is 38.1 Å². The highest BCUT2D eigenvalue weighted by Gasteiger charge is 2.06. The molecule has 19 heavy (non-hydrogen) atoms. The predicted octanol–water partition coefficient (Wildman–Crippen LogP) is 3.21. The van der Waals surface area contributed by atoms with Crippen molar-refractivity contribution in [1.29, 1.82) is 0 Å². The Kier molecular flexibility index (Phi) is 2.67. The first-order valence-corrected chi connectivity index (χ1v) is 6.21. The van der Waals surface area contributed by atoms with Gasteiger partial charge in [-0.1, -0.05) is 29.3 Å². The smallest absolute Gasteiger partial charge is 0.259 e. The molecule has 0 aliphatic heterocycles. The highest BCUT2D eigenvalue weighted by atomic mass is 16.1. The molecular weight excluding hydrogens is 236 g/mol. The molecule has 0 saturated heterocycles. The minimum atomic E-state index is -0.0974. The lowest BCUT2D eigenvalue weighted by atomic mass is 10.1. The van der Waals surface area contributed by atoms with E-state index in [0.717, 1.165) is 22.2 Å². The molecule has 0 aliphatic rings. The van der Waals surface area contributed by atoms with Crippen molar-refractivity contribution in [3.8, 4) is 11.4 Å². The van der Waals surface area contributed by atoms with Gasteiger partial charge in [0.2, 0.25) is 0 Å². The van der Waals surface area contributed by atoms with E-state index in [1.165, 1.54) is 0 Å². The zero-order valence-electron chi connectivity index (χ0n) is 10.9. The summed E-state index contributed by atoms with van der Waals surface area (Å²) in [7, 11) is 0. The summed E-state index contributed by atoms with van der Waals surface area (Å²) in [5, 5.41) is 0.621. The molecule has 1 heterocycles. The van der Waals surface area contributed by atoms with Gasteiger partial charge < -0.3 is 4.98 Å². The van der Waals surface area contributed by atoms with Gasteiger partial charge in [-0.3, -0.25) is 4.79 Å². The number of fused-ring (bicyclic) bond motifs is 1. The minimum absolute atomic E-state index is 0.0974. The van der Waals surface area contributed by atoms with E-state index in [0.29, 0.717) is 11.2 Å². The molecule has 3 heteroatoms. The van der Waals surface area contributed by atoms with Crippen molar-refractivity contribution in [2.24, 2.45) is 0 Å². The Morgan fingerprint density at radius 1 is 1.00 bits per heavy atom. The summed E-state index contributed by atoms with van der Waals surface area (Å²) >= 11 is 0. The number of H-pyrrole nitrogens is 1. The Morgan fingerprint density at radius 3 is 2.42 bits per heavy atom. The first-order valence-electron chi connectivity index (χ1n) is 6.21. The maximum atomic E-state index is 12.0. The summed E-state index contributed by atoms with van der Waals surface area (Å²) in [6.45, 7) is 4.07. The van der Waals surface area contributed by atoms with Crippen molar-refractivity contribution in [2.45, 2.75) is 13.8 Å². The highest BCUT2D eigenvalue weighted by Crippen LogP contribution is 2.19. The van der Waals surface area contributed by atoms with Gasteiger partial charge >= 0.3 is 0 Å². The molecule has 0 amide bonds. The van der Waals surface area contributed by atoms with E-state index in [1.54, 1.807) is 6.07 Å². The summed E-state index contributed by atoms with van der Waals surface area (Å²) in [6.07, 6.45) is 0. The summed E-state index contributed by atoms with van der Waals surface area (Å²) in [5.74, 6) is 0.621. The van der Waals surface area contributed by atoms with Crippen molar-refractivity contribution >= 4 is 10.9 Å². The maximum Gasteiger partial charge on any atom is 0.259 e. The fraction of sp³-hybridized carbons (Fsp3) is 0.125. The van der Waals surface area contributed by atoms with E-state index in [9.17, 15) is 4.79 Å². The van der Waals surface area contributed by atoms with Gasteiger partial charge in [0.15, 0.2) is 0 Å². The second kappa shape index (κ2) is 4.35. The predicted molar refractivity (Wildman–Crippen MR) is 77.3 cm³/mol. The number of benzene rings is 2. The molecule has 2 aromatic carbocycles. The fourth-order valence-electron chi connectivity index (χ4n) is 2.33. The van der Waals surface area contributed by atoms with Crippen LogP contribution in [0.2, 0.25) is 0 Å². The molecule has 0 bridgehead atoms. The molecule has 0 spiro atoms. The minimum Gasteiger partial charge on any atom is -0.306 e. The molecule has 0 fully saturated rings. The van der Waals surface area contributed by atoms with Gasteiger partial charge in [-0.15, -0.1) is 0 Å². The third kappa shape index (κ3) is 2.15. The largest absolute Gasteiger partial charge is 0.306 e. The number of nitrogens with one attached hydrogen (secondary N) is 1. The van der Waals surface area contributed by atoms with Crippen LogP contribution in [-0.2, 0) is 0 Å². The Hall–Kier alpha value is -2.42. The van der Waals surface area contributed by atoms with Crippen LogP contribution < -0.4 is 5.56 Å². The molecule has 0 unspecified atom stereocenters. The third-order valence-electron chi connectivity index (χ3n) is 3.11. The Balaban J connectivity index is 2.28. The van der Waals surface area contributed by atoms with E-state index in [1.807, 2.05) is 44.2 Å². The number of aromatic nitrogens is 2. The molecule has 3 rings (SSSR count). The van der Waals surface area contributed by atoms with Gasteiger partial charge in [-0.2, -0.15) is 0 Å². The van der Waals surface area contributed by atoms with Crippen LogP contribution in [0.4, 0.5) is 0 Å². The zero-order chi connectivity index (χ0) is 13.4. The van der Waals surface area contributed by atoms with Crippen molar-refractivity contribution < 1.29 is 0 Å². The number of rotatable bonds is 1. The van der Waals surface area contributed by atoms with Crippen LogP contribution >= 0.6 is 0 Å². The molecular formula is C16H14N2O. The molecule has 0 saturated carbocycles. The van der Waals surface area contributed by atoms with E-state index in [2.05, 4.69) is 16.0 Å². The second-order valence-corrected chi connectivity index (χ2v) is 4.81. The van der Waals surface area contributed by atoms with Crippen LogP contribution in [0.25, 0.3) is 22.3 Å². The highest BCUT2D eigenvalue weighted by molar-refractivity contribution is 5.79. The topological polar surface area (TPSA) is 45.8 Å². The SMILES string of the molecule is Cc1cc(C)cc(-c2nc3ccccc3c(=O)[nH]2)c1. The van der Waals surface area contributed by atoms with Gasteiger partial charge in [0.1, 0.15) is 5.82 Å². The molecule has 3 aromatic rings. The number of hydrogen-bond donors (Lipinski definition) is 1. The Bertz CT molecular complexity index is 798. The molecule has 1 aromatic heterocycles. The van der Waals surface area contributed by atoms with Crippen LogP contribution in [0.3, 0.4) is 0 Å². The number of para-hydroxylation sites is 1. The standard InChI is InChI=1S/C16H14N2O/c1-10-7-11(2)9-12(8-10)15-17-14-6-4-3-5-13(14)16(19)18-15/h3-9H,1-2H3,(H,17,18,19). The van der Waals surface area contributed by atoms with Crippen molar-refractivity contribution in [3.63, 3.8) is 0 Å². The van der Waals surface area contributed by atoms with Gasteiger partial charge in [0.05, 0.1) is 10.9 Å². The number of aromatic amines is 1. The summed E-state index contributed by atoms with van der Waals surface area (Å²) in [4.78, 5) is 19.4. The molecule has 0 aliphatic carbocycles. The monoisotopic (exact) mass is 250 g/mol. The second-order valence-electron chi connectivity index (χ2n) is 4.81. The molecule has 94 valence electrons. The molecule has 0 radical (unpaired) electrons. The summed E-state index contributed by atoms with van der Waals surface area (Å²) in [5.41, 5.74) is 3.89. The normalized spacial score (nSPS) is 10.8. The first-order chi connectivity index (χ1) is 9.13. The van der Waals surface area contributed by atoms with Crippen molar-refractivity contribution in [1.82, 2.24) is 9.97 Å². The average Bonchev–Trinajstić information content (AvgIpc) is 2.37. The number of hydrogen-bond acceptors (Lipinski definition) is 2. The molecule has 3 nitrogen and oxygen atoms in total. The van der Waals surface area contributed by atoms with Crippen LogP contribution in [0.15, 0.2) is 47.3 Å².